The minimum atomic E-state index is -3.68. The number of nitro benzene ring substituents is 1. The number of hydrogen-bond donors (Lipinski definition) is 1. The number of benzene rings is 1. The maximum absolute atomic E-state index is 12.6. The summed E-state index contributed by atoms with van der Waals surface area (Å²) in [6.07, 6.45) is 0. The third kappa shape index (κ3) is 4.28. The molecule has 0 aromatic heterocycles. The third-order valence-electron chi connectivity index (χ3n) is 3.76. The lowest BCUT2D eigenvalue weighted by atomic mass is 10.3. The summed E-state index contributed by atoms with van der Waals surface area (Å²) < 4.78 is 26.5. The number of likely N-dealkylation sites (N-methyl/N-ethyl adjacent to an activating group) is 1. The maximum atomic E-state index is 12.6. The number of sulfonamides is 1. The fourth-order valence-corrected chi connectivity index (χ4v) is 3.90. The lowest BCUT2D eigenvalue weighted by Gasteiger charge is -2.33. The first-order valence-electron chi connectivity index (χ1n) is 7.58. The average Bonchev–Trinajstić information content (AvgIpc) is 2.55. The van der Waals surface area contributed by atoms with Gasteiger partial charge in [-0.15, -0.1) is 0 Å². The minimum Gasteiger partial charge on any atom is -0.355 e. The molecule has 0 radical (unpaired) electrons. The van der Waals surface area contributed by atoms with Gasteiger partial charge in [0.2, 0.25) is 15.9 Å². The smallest absolute Gasteiger partial charge is 0.269 e. The summed E-state index contributed by atoms with van der Waals surface area (Å²) in [4.78, 5) is 23.6. The van der Waals surface area contributed by atoms with Gasteiger partial charge in [-0.2, -0.15) is 4.31 Å². The zero-order chi connectivity index (χ0) is 17.7. The van der Waals surface area contributed by atoms with E-state index in [0.717, 1.165) is 0 Å². The number of piperazine rings is 1. The van der Waals surface area contributed by atoms with Gasteiger partial charge in [-0.1, -0.05) is 0 Å². The summed E-state index contributed by atoms with van der Waals surface area (Å²) in [5.41, 5.74) is -0.152. The van der Waals surface area contributed by atoms with Crippen molar-refractivity contribution in [3.05, 3.63) is 34.4 Å². The van der Waals surface area contributed by atoms with Gasteiger partial charge >= 0.3 is 0 Å². The topological polar surface area (TPSA) is 113 Å². The predicted molar refractivity (Wildman–Crippen MR) is 87.0 cm³/mol. The summed E-state index contributed by atoms with van der Waals surface area (Å²) in [5, 5.41) is 13.3. The Morgan fingerprint density at radius 3 is 2.29 bits per heavy atom. The Labute approximate surface area is 140 Å². The van der Waals surface area contributed by atoms with E-state index in [1.54, 1.807) is 0 Å². The van der Waals surface area contributed by atoms with E-state index >= 15 is 0 Å². The molecule has 10 heteroatoms. The van der Waals surface area contributed by atoms with Crippen molar-refractivity contribution < 1.29 is 18.1 Å². The molecular formula is C14H20N4O5S. The van der Waals surface area contributed by atoms with Gasteiger partial charge in [0.1, 0.15) is 0 Å². The van der Waals surface area contributed by atoms with Gasteiger partial charge in [0.05, 0.1) is 16.4 Å². The molecule has 1 aliphatic rings. The monoisotopic (exact) mass is 356 g/mol. The van der Waals surface area contributed by atoms with Crippen molar-refractivity contribution in [1.82, 2.24) is 14.5 Å². The molecule has 0 unspecified atom stereocenters. The van der Waals surface area contributed by atoms with Crippen molar-refractivity contribution in [2.45, 2.75) is 11.8 Å². The largest absolute Gasteiger partial charge is 0.355 e. The van der Waals surface area contributed by atoms with Crippen molar-refractivity contribution in [2.24, 2.45) is 0 Å². The van der Waals surface area contributed by atoms with Crippen LogP contribution < -0.4 is 5.32 Å². The van der Waals surface area contributed by atoms with Crippen LogP contribution in [-0.4, -0.2) is 67.7 Å². The number of carbonyl (C=O) groups is 1. The van der Waals surface area contributed by atoms with Crippen LogP contribution in [-0.2, 0) is 14.8 Å². The van der Waals surface area contributed by atoms with Gasteiger partial charge in [0, 0.05) is 44.9 Å². The van der Waals surface area contributed by atoms with Crippen LogP contribution in [0.3, 0.4) is 0 Å². The molecule has 1 N–H and O–H groups in total. The van der Waals surface area contributed by atoms with Crippen LogP contribution in [0.2, 0.25) is 0 Å². The molecule has 1 fully saturated rings. The number of amides is 1. The van der Waals surface area contributed by atoms with E-state index < -0.39 is 14.9 Å². The molecule has 0 bridgehead atoms. The van der Waals surface area contributed by atoms with Gasteiger partial charge < -0.3 is 5.32 Å². The second-order valence-corrected chi connectivity index (χ2v) is 7.32. The molecule has 1 aromatic rings. The molecule has 0 saturated carbocycles. The lowest BCUT2D eigenvalue weighted by Crippen LogP contribution is -2.51. The van der Waals surface area contributed by atoms with Crippen LogP contribution in [0.25, 0.3) is 0 Å². The van der Waals surface area contributed by atoms with Crippen LogP contribution in [0.4, 0.5) is 5.69 Å². The van der Waals surface area contributed by atoms with Crippen LogP contribution in [0.15, 0.2) is 29.2 Å². The van der Waals surface area contributed by atoms with E-state index in [4.69, 9.17) is 0 Å². The lowest BCUT2D eigenvalue weighted by molar-refractivity contribution is -0.384. The molecule has 1 amide bonds. The Morgan fingerprint density at radius 2 is 1.79 bits per heavy atom. The van der Waals surface area contributed by atoms with E-state index in [-0.39, 0.29) is 36.1 Å². The Kier molecular flexibility index (Phi) is 5.86. The summed E-state index contributed by atoms with van der Waals surface area (Å²) in [7, 11) is -3.68. The zero-order valence-electron chi connectivity index (χ0n) is 13.3. The highest BCUT2D eigenvalue weighted by molar-refractivity contribution is 7.89. The van der Waals surface area contributed by atoms with Crippen molar-refractivity contribution in [2.75, 3.05) is 39.3 Å². The number of rotatable bonds is 6. The number of carbonyl (C=O) groups excluding carboxylic acids is 1. The van der Waals surface area contributed by atoms with Crippen molar-refractivity contribution in [3.63, 3.8) is 0 Å². The second kappa shape index (κ2) is 7.69. The fourth-order valence-electron chi connectivity index (χ4n) is 2.47. The molecule has 132 valence electrons. The molecular weight excluding hydrogens is 336 g/mol. The Bertz CT molecular complexity index is 696. The molecule has 1 heterocycles. The normalized spacial score (nSPS) is 16.7. The highest BCUT2D eigenvalue weighted by Crippen LogP contribution is 2.20. The summed E-state index contributed by atoms with van der Waals surface area (Å²) in [6, 6.07) is 4.85. The van der Waals surface area contributed by atoms with Crippen LogP contribution in [0, 0.1) is 10.1 Å². The minimum absolute atomic E-state index is 0.0327. The van der Waals surface area contributed by atoms with Crippen LogP contribution >= 0.6 is 0 Å². The number of nitrogens with one attached hydrogen (secondary N) is 1. The van der Waals surface area contributed by atoms with Gasteiger partial charge in [0.25, 0.3) is 5.69 Å². The van der Waals surface area contributed by atoms with E-state index in [9.17, 15) is 23.3 Å². The van der Waals surface area contributed by atoms with Crippen LogP contribution in [0.5, 0.6) is 0 Å². The summed E-state index contributed by atoms with van der Waals surface area (Å²) in [6.45, 7) is 4.13. The van der Waals surface area contributed by atoms with Crippen LogP contribution in [0.1, 0.15) is 6.92 Å². The zero-order valence-corrected chi connectivity index (χ0v) is 14.2. The van der Waals surface area contributed by atoms with Gasteiger partial charge in [-0.25, -0.2) is 8.42 Å². The molecule has 1 aliphatic heterocycles. The molecule has 0 aliphatic carbocycles. The van der Waals surface area contributed by atoms with Gasteiger partial charge in [-0.3, -0.25) is 19.8 Å². The van der Waals surface area contributed by atoms with E-state index in [0.29, 0.717) is 19.6 Å². The van der Waals surface area contributed by atoms with Crippen molar-refractivity contribution in [3.8, 4) is 0 Å². The third-order valence-corrected chi connectivity index (χ3v) is 5.67. The number of nitrogens with zero attached hydrogens (tertiary/aromatic N) is 3. The first kappa shape index (κ1) is 18.3. The predicted octanol–water partition coefficient (Wildman–Crippen LogP) is 0.0372. The fraction of sp³-hybridized carbons (Fsp3) is 0.500. The van der Waals surface area contributed by atoms with Crippen molar-refractivity contribution >= 4 is 21.6 Å². The Hall–Kier alpha value is -2.04. The number of hydrogen-bond acceptors (Lipinski definition) is 6. The molecule has 1 aromatic carbocycles. The summed E-state index contributed by atoms with van der Waals surface area (Å²) >= 11 is 0. The first-order chi connectivity index (χ1) is 11.3. The van der Waals surface area contributed by atoms with Gasteiger partial charge in [0.15, 0.2) is 0 Å². The Morgan fingerprint density at radius 1 is 1.21 bits per heavy atom. The molecule has 0 spiro atoms. The number of nitro groups is 1. The van der Waals surface area contributed by atoms with Crippen molar-refractivity contribution in [1.29, 1.82) is 0 Å². The SMILES string of the molecule is CCNC(=O)CN1CCN(S(=O)(=O)c2ccc([N+](=O)[O-])cc2)CC1. The summed E-state index contributed by atoms with van der Waals surface area (Å²) in [5.74, 6) is -0.0795. The average molecular weight is 356 g/mol. The molecule has 2 rings (SSSR count). The van der Waals surface area contributed by atoms with Gasteiger partial charge in [-0.05, 0) is 19.1 Å². The maximum Gasteiger partial charge on any atom is 0.269 e. The Balaban J connectivity index is 1.99. The highest BCUT2D eigenvalue weighted by Gasteiger charge is 2.29. The van der Waals surface area contributed by atoms with E-state index in [1.165, 1.54) is 28.6 Å². The first-order valence-corrected chi connectivity index (χ1v) is 9.02. The van der Waals surface area contributed by atoms with E-state index in [1.807, 2.05) is 11.8 Å². The molecule has 9 nitrogen and oxygen atoms in total. The molecule has 24 heavy (non-hydrogen) atoms. The second-order valence-electron chi connectivity index (χ2n) is 5.38. The molecule has 1 saturated heterocycles. The van der Waals surface area contributed by atoms with E-state index in [2.05, 4.69) is 5.32 Å². The highest BCUT2D eigenvalue weighted by atomic mass is 32.2. The molecule has 0 atom stereocenters. The quantitative estimate of drug-likeness (QED) is 0.569. The number of non-ortho nitro benzene ring substituents is 1. The standard InChI is InChI=1S/C14H20N4O5S/c1-2-15-14(19)11-16-7-9-17(10-8-16)24(22,23)13-5-3-12(4-6-13)18(20)21/h3-6H,2,7-11H2,1H3,(H,15,19).